The van der Waals surface area contributed by atoms with Crippen LogP contribution in [0.4, 0.5) is 5.13 Å². The van der Waals surface area contributed by atoms with Crippen LogP contribution in [-0.4, -0.2) is 35.0 Å². The van der Waals surface area contributed by atoms with Crippen molar-refractivity contribution < 1.29 is 9.47 Å². The molecule has 0 N–H and O–H groups in total. The average Bonchev–Trinajstić information content (AvgIpc) is 3.15. The second kappa shape index (κ2) is 5.66. The van der Waals surface area contributed by atoms with Crippen LogP contribution in [0.1, 0.15) is 24.2 Å². The van der Waals surface area contributed by atoms with E-state index in [4.69, 9.17) is 14.5 Å². The smallest absolute Gasteiger partial charge is 0.188 e. The first-order chi connectivity index (χ1) is 11.5. The fourth-order valence-electron chi connectivity index (χ4n) is 2.93. The van der Waals surface area contributed by atoms with Gasteiger partial charge in [0.25, 0.3) is 0 Å². The summed E-state index contributed by atoms with van der Waals surface area (Å²) in [6, 6.07) is 6.32. The molecule has 126 valence electrons. The van der Waals surface area contributed by atoms with Crippen molar-refractivity contribution in [3.8, 4) is 11.5 Å². The van der Waals surface area contributed by atoms with Crippen LogP contribution in [0.5, 0.6) is 11.5 Å². The van der Waals surface area contributed by atoms with Crippen LogP contribution in [0, 0.1) is 6.92 Å². The lowest BCUT2D eigenvalue weighted by Crippen LogP contribution is -2.22. The molecule has 1 atom stereocenters. The van der Waals surface area contributed by atoms with E-state index in [1.165, 1.54) is 5.56 Å². The first kappa shape index (κ1) is 15.3. The number of aryl methyl sites for hydroxylation is 2. The van der Waals surface area contributed by atoms with Crippen molar-refractivity contribution in [1.29, 1.82) is 0 Å². The highest BCUT2D eigenvalue weighted by Gasteiger charge is 2.21. The second-order valence-electron chi connectivity index (χ2n) is 6.05. The van der Waals surface area contributed by atoms with Gasteiger partial charge < -0.3 is 14.4 Å². The van der Waals surface area contributed by atoms with Crippen LogP contribution in [0.25, 0.3) is 10.3 Å². The third kappa shape index (κ3) is 2.39. The van der Waals surface area contributed by atoms with Gasteiger partial charge in [-0.25, -0.2) is 9.67 Å². The van der Waals surface area contributed by atoms with Gasteiger partial charge in [-0.2, -0.15) is 5.10 Å². The summed E-state index contributed by atoms with van der Waals surface area (Å²) >= 11 is 1.68. The molecule has 1 unspecified atom stereocenters. The average molecular weight is 344 g/mol. The number of ether oxygens (including phenoxy) is 2. The third-order valence-electron chi connectivity index (χ3n) is 4.46. The van der Waals surface area contributed by atoms with Crippen LogP contribution in [-0.2, 0) is 7.05 Å². The maximum Gasteiger partial charge on any atom is 0.188 e. The van der Waals surface area contributed by atoms with Gasteiger partial charge in [-0.05, 0) is 31.5 Å². The molecule has 3 aromatic rings. The van der Waals surface area contributed by atoms with E-state index in [1.54, 1.807) is 11.3 Å². The summed E-state index contributed by atoms with van der Waals surface area (Å²) in [5.41, 5.74) is 3.14. The fraction of sp³-hybridized carbons (Fsp3) is 0.412. The number of nitrogens with zero attached hydrogens (tertiary/aromatic N) is 4. The molecule has 1 aliphatic heterocycles. The normalized spacial score (nSPS) is 14.8. The standard InChI is InChI=1S/C17H20N4O2S/c1-10-15-16(21(4)19-10)18-17(24-15)20(3)11(2)12-5-6-13-14(9-12)23-8-7-22-13/h5-6,9,11H,7-8H2,1-4H3. The van der Waals surface area contributed by atoms with E-state index < -0.39 is 0 Å². The zero-order chi connectivity index (χ0) is 16.8. The van der Waals surface area contributed by atoms with E-state index in [1.807, 2.05) is 24.7 Å². The van der Waals surface area contributed by atoms with E-state index in [2.05, 4.69) is 36.1 Å². The summed E-state index contributed by atoms with van der Waals surface area (Å²) in [6.45, 7) is 5.41. The molecule has 24 heavy (non-hydrogen) atoms. The van der Waals surface area contributed by atoms with Crippen molar-refractivity contribution in [1.82, 2.24) is 14.8 Å². The van der Waals surface area contributed by atoms with E-state index in [0.29, 0.717) is 13.2 Å². The molecule has 1 aromatic carbocycles. The Bertz CT molecular complexity index is 867. The van der Waals surface area contributed by atoms with E-state index in [0.717, 1.165) is 32.7 Å². The van der Waals surface area contributed by atoms with Crippen LogP contribution in [0.15, 0.2) is 18.2 Å². The predicted octanol–water partition coefficient (Wildman–Crippen LogP) is 3.31. The number of rotatable bonds is 3. The number of fused-ring (bicyclic) bond motifs is 2. The molecule has 0 aliphatic carbocycles. The summed E-state index contributed by atoms with van der Waals surface area (Å²) in [5, 5.41) is 5.41. The molecule has 6 nitrogen and oxygen atoms in total. The molecule has 7 heteroatoms. The van der Waals surface area contributed by atoms with E-state index >= 15 is 0 Å². The summed E-state index contributed by atoms with van der Waals surface area (Å²) < 4.78 is 14.3. The van der Waals surface area contributed by atoms with Gasteiger partial charge in [0.05, 0.1) is 16.4 Å². The predicted molar refractivity (Wildman–Crippen MR) is 95.4 cm³/mol. The highest BCUT2D eigenvalue weighted by molar-refractivity contribution is 7.22. The van der Waals surface area contributed by atoms with Gasteiger partial charge in [0.15, 0.2) is 22.3 Å². The maximum atomic E-state index is 5.70. The zero-order valence-corrected chi connectivity index (χ0v) is 15.1. The molecule has 1 aliphatic rings. The molecular weight excluding hydrogens is 324 g/mol. The highest BCUT2D eigenvalue weighted by atomic mass is 32.1. The summed E-state index contributed by atoms with van der Waals surface area (Å²) in [7, 11) is 4.00. The van der Waals surface area contributed by atoms with Crippen molar-refractivity contribution >= 4 is 26.8 Å². The highest BCUT2D eigenvalue weighted by Crippen LogP contribution is 2.37. The van der Waals surface area contributed by atoms with Crippen molar-refractivity contribution in [3.63, 3.8) is 0 Å². The molecule has 2 aromatic heterocycles. The van der Waals surface area contributed by atoms with Gasteiger partial charge in [0, 0.05) is 14.1 Å². The van der Waals surface area contributed by atoms with Crippen molar-refractivity contribution in [3.05, 3.63) is 29.5 Å². The van der Waals surface area contributed by atoms with Gasteiger partial charge in [-0.1, -0.05) is 17.4 Å². The lowest BCUT2D eigenvalue weighted by atomic mass is 10.1. The van der Waals surface area contributed by atoms with Crippen LogP contribution < -0.4 is 14.4 Å². The van der Waals surface area contributed by atoms with Crippen molar-refractivity contribution in [2.75, 3.05) is 25.2 Å². The molecule has 3 heterocycles. The molecule has 4 rings (SSSR count). The SMILES string of the molecule is Cc1nn(C)c2nc(N(C)C(C)c3ccc4c(c3)OCCO4)sc12. The zero-order valence-electron chi connectivity index (χ0n) is 14.2. The number of hydrogen-bond donors (Lipinski definition) is 0. The number of benzene rings is 1. The number of thiazole rings is 1. The summed E-state index contributed by atoms with van der Waals surface area (Å²) in [6.07, 6.45) is 0. The van der Waals surface area contributed by atoms with Gasteiger partial charge in [-0.3, -0.25) is 0 Å². The van der Waals surface area contributed by atoms with Crippen LogP contribution in [0.3, 0.4) is 0 Å². The first-order valence-corrected chi connectivity index (χ1v) is 8.79. The lowest BCUT2D eigenvalue weighted by Gasteiger charge is -2.26. The molecular formula is C17H20N4O2S. The minimum Gasteiger partial charge on any atom is -0.486 e. The minimum absolute atomic E-state index is 0.176. The van der Waals surface area contributed by atoms with Crippen LogP contribution >= 0.6 is 11.3 Å². The van der Waals surface area contributed by atoms with Crippen molar-refractivity contribution in [2.24, 2.45) is 7.05 Å². The first-order valence-electron chi connectivity index (χ1n) is 7.97. The molecule has 0 bridgehead atoms. The molecule has 0 amide bonds. The Morgan fingerprint density at radius 3 is 2.75 bits per heavy atom. The Labute approximate surface area is 144 Å². The van der Waals surface area contributed by atoms with Crippen LogP contribution in [0.2, 0.25) is 0 Å². The van der Waals surface area contributed by atoms with Gasteiger partial charge in [-0.15, -0.1) is 0 Å². The quantitative estimate of drug-likeness (QED) is 0.730. The minimum atomic E-state index is 0.176. The fourth-order valence-corrected chi connectivity index (χ4v) is 4.01. The second-order valence-corrected chi connectivity index (χ2v) is 7.03. The summed E-state index contributed by atoms with van der Waals surface area (Å²) in [4.78, 5) is 6.95. The van der Waals surface area contributed by atoms with Gasteiger partial charge in [0.1, 0.15) is 13.2 Å². The Balaban J connectivity index is 1.65. The van der Waals surface area contributed by atoms with E-state index in [9.17, 15) is 0 Å². The number of hydrogen-bond acceptors (Lipinski definition) is 6. The Hall–Kier alpha value is -2.28. The lowest BCUT2D eigenvalue weighted by molar-refractivity contribution is 0.171. The molecule has 0 saturated heterocycles. The number of aromatic nitrogens is 3. The summed E-state index contributed by atoms with van der Waals surface area (Å²) in [5.74, 6) is 1.64. The molecule has 0 radical (unpaired) electrons. The maximum absolute atomic E-state index is 5.70. The Morgan fingerprint density at radius 1 is 1.25 bits per heavy atom. The Morgan fingerprint density at radius 2 is 2.00 bits per heavy atom. The molecule has 0 fully saturated rings. The van der Waals surface area contributed by atoms with Crippen molar-refractivity contribution in [2.45, 2.75) is 19.9 Å². The van der Waals surface area contributed by atoms with Gasteiger partial charge in [0.2, 0.25) is 0 Å². The molecule has 0 spiro atoms. The number of anilines is 1. The Kier molecular flexibility index (Phi) is 3.60. The molecule has 0 saturated carbocycles. The largest absolute Gasteiger partial charge is 0.486 e. The van der Waals surface area contributed by atoms with E-state index in [-0.39, 0.29) is 6.04 Å². The topological polar surface area (TPSA) is 52.4 Å². The van der Waals surface area contributed by atoms with Gasteiger partial charge >= 0.3 is 0 Å². The monoisotopic (exact) mass is 344 g/mol. The third-order valence-corrected chi connectivity index (χ3v) is 5.71.